The summed E-state index contributed by atoms with van der Waals surface area (Å²) in [5, 5.41) is 1.92. The molecule has 0 spiro atoms. The first-order chi connectivity index (χ1) is 13.9. The molecular formula is C21H18ClN3O4. The molecule has 8 heteroatoms. The van der Waals surface area contributed by atoms with Crippen molar-refractivity contribution in [1.29, 1.82) is 0 Å². The Morgan fingerprint density at radius 3 is 2.52 bits per heavy atom. The number of ether oxygens (including phenoxy) is 1. The number of benzene rings is 2. The van der Waals surface area contributed by atoms with Crippen LogP contribution in [-0.2, 0) is 19.1 Å². The minimum absolute atomic E-state index is 0.0275. The number of nitrogens with zero attached hydrogens (tertiary/aromatic N) is 2. The minimum atomic E-state index is -0.983. The Bertz CT molecular complexity index is 1050. The normalized spacial score (nSPS) is 18.2. The molecule has 0 aliphatic carbocycles. The maximum absolute atomic E-state index is 13.3. The van der Waals surface area contributed by atoms with Crippen LogP contribution in [0.4, 0.5) is 11.4 Å². The summed E-state index contributed by atoms with van der Waals surface area (Å²) in [4.78, 5) is 40.0. The Labute approximate surface area is 172 Å². The Kier molecular flexibility index (Phi) is 4.76. The summed E-state index contributed by atoms with van der Waals surface area (Å²) in [7, 11) is 0. The molecule has 2 aliphatic rings. The lowest BCUT2D eigenvalue weighted by atomic mass is 10.1. The molecule has 1 N–H and O–H groups in total. The zero-order chi connectivity index (χ0) is 20.7. The van der Waals surface area contributed by atoms with E-state index in [0.717, 1.165) is 10.5 Å². The molecule has 2 aliphatic heterocycles. The second-order valence-electron chi connectivity index (χ2n) is 6.69. The number of hydrazine groups is 1. The van der Waals surface area contributed by atoms with Gasteiger partial charge in [-0.25, -0.2) is 9.69 Å². The summed E-state index contributed by atoms with van der Waals surface area (Å²) in [5.41, 5.74) is 4.97. The van der Waals surface area contributed by atoms with Crippen molar-refractivity contribution < 1.29 is 19.1 Å². The molecule has 0 radical (unpaired) electrons. The lowest BCUT2D eigenvalue weighted by Crippen LogP contribution is -2.46. The van der Waals surface area contributed by atoms with Crippen molar-refractivity contribution >= 4 is 40.8 Å². The van der Waals surface area contributed by atoms with Crippen molar-refractivity contribution in [3.05, 3.63) is 70.4 Å². The largest absolute Gasteiger partial charge is 0.461 e. The van der Waals surface area contributed by atoms with Crippen LogP contribution in [0.5, 0.6) is 0 Å². The van der Waals surface area contributed by atoms with Crippen molar-refractivity contribution in [2.75, 3.05) is 16.5 Å². The van der Waals surface area contributed by atoms with Crippen molar-refractivity contribution in [3.8, 4) is 0 Å². The molecule has 2 heterocycles. The minimum Gasteiger partial charge on any atom is -0.461 e. The topological polar surface area (TPSA) is 79.0 Å². The average molecular weight is 412 g/mol. The summed E-state index contributed by atoms with van der Waals surface area (Å²) in [5.74, 6) is -1.73. The highest BCUT2D eigenvalue weighted by Gasteiger charge is 2.54. The Morgan fingerprint density at radius 2 is 1.86 bits per heavy atom. The SMILES string of the molecule is CCOC(=O)C1=C2C(=O)N(c3cccc(Cl)c3)C(=O)[C@H]2N(c2ccc(C)cc2)N1. The molecule has 0 saturated carbocycles. The number of amides is 2. The number of hydrogen-bond donors (Lipinski definition) is 1. The van der Waals surface area contributed by atoms with E-state index < -0.39 is 23.8 Å². The summed E-state index contributed by atoms with van der Waals surface area (Å²) < 4.78 is 5.09. The third-order valence-electron chi connectivity index (χ3n) is 4.78. The molecule has 29 heavy (non-hydrogen) atoms. The van der Waals surface area contributed by atoms with Gasteiger partial charge in [0.05, 0.1) is 23.6 Å². The van der Waals surface area contributed by atoms with E-state index in [4.69, 9.17) is 16.3 Å². The lowest BCUT2D eigenvalue weighted by Gasteiger charge is -2.26. The first-order valence-corrected chi connectivity index (χ1v) is 9.48. The van der Waals surface area contributed by atoms with Gasteiger partial charge in [0, 0.05) is 5.02 Å². The number of halogens is 1. The molecule has 148 valence electrons. The Hall–Kier alpha value is -3.32. The smallest absolute Gasteiger partial charge is 0.356 e. The molecule has 4 rings (SSSR count). The van der Waals surface area contributed by atoms with E-state index in [1.54, 1.807) is 25.1 Å². The standard InChI is InChI=1S/C21H18ClN3O4/c1-3-29-21(28)17-16-18(25(23-17)14-9-7-12(2)8-10-14)20(27)24(19(16)26)15-6-4-5-13(22)11-15/h4-11,18,23H,3H2,1-2H3/t18-/m0/s1. The first-order valence-electron chi connectivity index (χ1n) is 9.10. The fourth-order valence-corrected chi connectivity index (χ4v) is 3.63. The van der Waals surface area contributed by atoms with Gasteiger partial charge in [-0.05, 0) is 44.2 Å². The lowest BCUT2D eigenvalue weighted by molar-refractivity contribution is -0.139. The van der Waals surface area contributed by atoms with Gasteiger partial charge in [0.15, 0.2) is 11.7 Å². The van der Waals surface area contributed by atoms with Crippen LogP contribution in [0, 0.1) is 6.92 Å². The third kappa shape index (κ3) is 3.13. The van der Waals surface area contributed by atoms with Crippen LogP contribution < -0.4 is 15.3 Å². The first kappa shape index (κ1) is 19.0. The number of esters is 1. The van der Waals surface area contributed by atoms with Crippen LogP contribution in [0.1, 0.15) is 12.5 Å². The number of carbonyl (C=O) groups excluding carboxylic acids is 3. The van der Waals surface area contributed by atoms with Crippen LogP contribution in [0.25, 0.3) is 0 Å². The molecule has 0 bridgehead atoms. The number of nitrogens with one attached hydrogen (secondary N) is 1. The van der Waals surface area contributed by atoms with Gasteiger partial charge < -0.3 is 4.74 Å². The van der Waals surface area contributed by atoms with Gasteiger partial charge in [0.25, 0.3) is 11.8 Å². The zero-order valence-electron chi connectivity index (χ0n) is 15.8. The zero-order valence-corrected chi connectivity index (χ0v) is 16.6. The van der Waals surface area contributed by atoms with E-state index in [2.05, 4.69) is 5.43 Å². The summed E-state index contributed by atoms with van der Waals surface area (Å²) in [6.07, 6.45) is 0. The Morgan fingerprint density at radius 1 is 1.14 bits per heavy atom. The van der Waals surface area contributed by atoms with E-state index in [1.807, 2.05) is 31.2 Å². The van der Waals surface area contributed by atoms with Gasteiger partial charge in [-0.1, -0.05) is 35.4 Å². The average Bonchev–Trinajstić information content (AvgIpc) is 3.20. The number of hydrogen-bond acceptors (Lipinski definition) is 6. The molecule has 1 atom stereocenters. The molecule has 1 saturated heterocycles. The number of anilines is 2. The highest BCUT2D eigenvalue weighted by atomic mass is 35.5. The van der Waals surface area contributed by atoms with Gasteiger partial charge >= 0.3 is 5.97 Å². The highest BCUT2D eigenvalue weighted by molar-refractivity contribution is 6.35. The molecule has 0 unspecified atom stereocenters. The van der Waals surface area contributed by atoms with Crippen LogP contribution in [0.2, 0.25) is 5.02 Å². The van der Waals surface area contributed by atoms with Gasteiger partial charge in [-0.3, -0.25) is 20.0 Å². The van der Waals surface area contributed by atoms with E-state index in [1.165, 1.54) is 11.1 Å². The van der Waals surface area contributed by atoms with E-state index in [0.29, 0.717) is 16.4 Å². The predicted molar refractivity (Wildman–Crippen MR) is 108 cm³/mol. The van der Waals surface area contributed by atoms with Crippen LogP contribution >= 0.6 is 11.6 Å². The number of aryl methyl sites for hydroxylation is 1. The molecule has 0 aromatic heterocycles. The van der Waals surface area contributed by atoms with Crippen molar-refractivity contribution in [2.24, 2.45) is 0 Å². The number of carbonyl (C=O) groups is 3. The molecule has 7 nitrogen and oxygen atoms in total. The predicted octanol–water partition coefficient (Wildman–Crippen LogP) is 2.73. The van der Waals surface area contributed by atoms with Gasteiger partial charge in [-0.15, -0.1) is 0 Å². The maximum atomic E-state index is 13.3. The summed E-state index contributed by atoms with van der Waals surface area (Å²) >= 11 is 6.04. The van der Waals surface area contributed by atoms with Crippen LogP contribution in [-0.4, -0.2) is 30.4 Å². The quantitative estimate of drug-likeness (QED) is 0.615. The maximum Gasteiger partial charge on any atom is 0.356 e. The monoisotopic (exact) mass is 411 g/mol. The molecule has 2 amide bonds. The molecule has 1 fully saturated rings. The fourth-order valence-electron chi connectivity index (χ4n) is 3.45. The van der Waals surface area contributed by atoms with Crippen LogP contribution in [0.15, 0.2) is 59.8 Å². The van der Waals surface area contributed by atoms with E-state index in [9.17, 15) is 14.4 Å². The second-order valence-corrected chi connectivity index (χ2v) is 7.12. The molecular weight excluding hydrogens is 394 g/mol. The van der Waals surface area contributed by atoms with Crippen molar-refractivity contribution in [3.63, 3.8) is 0 Å². The third-order valence-corrected chi connectivity index (χ3v) is 5.01. The fraction of sp³-hybridized carbons (Fsp3) is 0.190. The second kappa shape index (κ2) is 7.25. The number of imide groups is 1. The number of rotatable bonds is 4. The van der Waals surface area contributed by atoms with Gasteiger partial charge in [0.2, 0.25) is 0 Å². The van der Waals surface area contributed by atoms with Crippen molar-refractivity contribution in [1.82, 2.24) is 5.43 Å². The number of fused-ring (bicyclic) bond motifs is 1. The van der Waals surface area contributed by atoms with Crippen LogP contribution in [0.3, 0.4) is 0 Å². The van der Waals surface area contributed by atoms with Gasteiger partial charge in [0.1, 0.15) is 0 Å². The molecule has 2 aromatic carbocycles. The highest BCUT2D eigenvalue weighted by Crippen LogP contribution is 2.37. The van der Waals surface area contributed by atoms with Gasteiger partial charge in [-0.2, -0.15) is 0 Å². The van der Waals surface area contributed by atoms with E-state index in [-0.39, 0.29) is 17.9 Å². The molecule has 2 aromatic rings. The van der Waals surface area contributed by atoms with Crippen molar-refractivity contribution in [2.45, 2.75) is 19.9 Å². The van der Waals surface area contributed by atoms with E-state index >= 15 is 0 Å². The Balaban J connectivity index is 1.81. The summed E-state index contributed by atoms with van der Waals surface area (Å²) in [6, 6.07) is 12.9. The summed E-state index contributed by atoms with van der Waals surface area (Å²) in [6.45, 7) is 3.76.